The van der Waals surface area contributed by atoms with Crippen LogP contribution in [0.3, 0.4) is 0 Å². The number of carbonyl (C=O) groups excluding carboxylic acids is 1. The fourth-order valence-electron chi connectivity index (χ4n) is 3.40. The number of rotatable bonds is 3. The Hall–Kier alpha value is -2.28. The number of thiophene rings is 1. The summed E-state index contributed by atoms with van der Waals surface area (Å²) in [7, 11) is 0. The number of hydrogen-bond donors (Lipinski definition) is 1. The topological polar surface area (TPSA) is 71.6 Å². The maximum atomic E-state index is 12.8. The van der Waals surface area contributed by atoms with Crippen molar-refractivity contribution in [1.82, 2.24) is 9.88 Å². The van der Waals surface area contributed by atoms with Crippen LogP contribution in [0.5, 0.6) is 11.5 Å². The fourth-order valence-corrected chi connectivity index (χ4v) is 4.29. The van der Waals surface area contributed by atoms with Gasteiger partial charge in [0.2, 0.25) is 5.56 Å². The number of aromatic nitrogens is 1. The first-order valence-corrected chi connectivity index (χ1v) is 9.42. The van der Waals surface area contributed by atoms with Gasteiger partial charge in [-0.2, -0.15) is 0 Å². The lowest BCUT2D eigenvalue weighted by Gasteiger charge is -2.32. The molecule has 2 aliphatic heterocycles. The molecule has 0 unspecified atom stereocenters. The van der Waals surface area contributed by atoms with Crippen molar-refractivity contribution in [2.75, 3.05) is 26.3 Å². The number of hydrogen-bond acceptors (Lipinski definition) is 5. The number of aromatic amines is 1. The normalized spacial score (nSPS) is 17.5. The van der Waals surface area contributed by atoms with Crippen molar-refractivity contribution in [3.63, 3.8) is 0 Å². The van der Waals surface area contributed by atoms with E-state index in [1.165, 1.54) is 11.3 Å². The Bertz CT molecular complexity index is 800. The number of carbonyl (C=O) groups is 1. The molecule has 7 heteroatoms. The number of nitrogens with zero attached hydrogens (tertiary/aromatic N) is 1. The molecular weight excluding hydrogens is 340 g/mol. The van der Waals surface area contributed by atoms with Gasteiger partial charge < -0.3 is 19.4 Å². The fraction of sp³-hybridized carbons (Fsp3) is 0.444. The molecule has 1 fully saturated rings. The van der Waals surface area contributed by atoms with E-state index < -0.39 is 0 Å². The molecule has 1 N–H and O–H groups in total. The molecule has 0 atom stereocenters. The molecule has 0 spiro atoms. The summed E-state index contributed by atoms with van der Waals surface area (Å²) >= 11 is 1.40. The molecule has 1 saturated heterocycles. The van der Waals surface area contributed by atoms with Crippen LogP contribution in [0.25, 0.3) is 0 Å². The first kappa shape index (κ1) is 16.2. The van der Waals surface area contributed by atoms with Gasteiger partial charge in [-0.15, -0.1) is 11.3 Å². The van der Waals surface area contributed by atoms with E-state index in [9.17, 15) is 9.59 Å². The molecule has 1 amide bonds. The van der Waals surface area contributed by atoms with Gasteiger partial charge in [0.25, 0.3) is 5.91 Å². The Labute approximate surface area is 149 Å². The standard InChI is InChI=1S/C18H20N2O4S/c21-15-2-1-13(10-19-15)9-12-3-5-20(6-4-12)18(22)17-16-14(11-25-17)23-7-8-24-16/h1-2,10-12H,3-9H2,(H,19,21). The number of amides is 1. The van der Waals surface area contributed by atoms with Gasteiger partial charge in [0.1, 0.15) is 18.1 Å². The third kappa shape index (κ3) is 3.42. The molecule has 132 valence electrons. The predicted molar refractivity (Wildman–Crippen MR) is 94.7 cm³/mol. The van der Waals surface area contributed by atoms with Crippen LogP contribution in [-0.4, -0.2) is 42.1 Å². The second kappa shape index (κ2) is 6.92. The largest absolute Gasteiger partial charge is 0.485 e. The van der Waals surface area contributed by atoms with E-state index in [4.69, 9.17) is 9.47 Å². The second-order valence-corrected chi connectivity index (χ2v) is 7.34. The van der Waals surface area contributed by atoms with E-state index in [1.54, 1.807) is 12.3 Å². The summed E-state index contributed by atoms with van der Waals surface area (Å²) in [5.41, 5.74) is 1.07. The molecule has 2 aliphatic rings. The molecule has 2 aromatic rings. The van der Waals surface area contributed by atoms with Gasteiger partial charge in [0, 0.05) is 30.7 Å². The lowest BCUT2D eigenvalue weighted by molar-refractivity contribution is 0.0687. The number of likely N-dealkylation sites (tertiary alicyclic amines) is 1. The number of fused-ring (bicyclic) bond motifs is 1. The van der Waals surface area contributed by atoms with Crippen LogP contribution in [0.2, 0.25) is 0 Å². The Morgan fingerprint density at radius 3 is 2.80 bits per heavy atom. The highest BCUT2D eigenvalue weighted by Gasteiger charge is 2.29. The van der Waals surface area contributed by atoms with Crippen molar-refractivity contribution in [2.45, 2.75) is 19.3 Å². The molecule has 0 saturated carbocycles. The van der Waals surface area contributed by atoms with Gasteiger partial charge in [-0.05, 0) is 30.7 Å². The van der Waals surface area contributed by atoms with Gasteiger partial charge in [-0.25, -0.2) is 0 Å². The van der Waals surface area contributed by atoms with E-state index in [1.807, 2.05) is 16.3 Å². The smallest absolute Gasteiger partial charge is 0.267 e. The third-order valence-electron chi connectivity index (χ3n) is 4.77. The lowest BCUT2D eigenvalue weighted by atomic mass is 9.90. The SMILES string of the molecule is O=C(c1scc2c1OCCO2)N1CCC(Cc2ccc(=O)[nH]c2)CC1. The summed E-state index contributed by atoms with van der Waals surface area (Å²) in [5, 5.41) is 1.85. The number of piperidine rings is 1. The number of H-pyrrole nitrogens is 1. The first-order chi connectivity index (χ1) is 12.2. The zero-order chi connectivity index (χ0) is 17.2. The Morgan fingerprint density at radius 2 is 2.04 bits per heavy atom. The maximum absolute atomic E-state index is 12.8. The molecule has 6 nitrogen and oxygen atoms in total. The van der Waals surface area contributed by atoms with Gasteiger partial charge in [0.15, 0.2) is 11.5 Å². The van der Waals surface area contributed by atoms with Crippen LogP contribution in [0.4, 0.5) is 0 Å². The van der Waals surface area contributed by atoms with Crippen molar-refractivity contribution < 1.29 is 14.3 Å². The monoisotopic (exact) mass is 360 g/mol. The minimum atomic E-state index is -0.0744. The molecule has 4 rings (SSSR count). The van der Waals surface area contributed by atoms with Gasteiger partial charge in [0.05, 0.1) is 0 Å². The Kier molecular flexibility index (Phi) is 4.48. The summed E-state index contributed by atoms with van der Waals surface area (Å²) in [6.45, 7) is 2.53. The zero-order valence-electron chi connectivity index (χ0n) is 13.8. The second-order valence-electron chi connectivity index (χ2n) is 6.46. The number of nitrogens with one attached hydrogen (secondary N) is 1. The van der Waals surface area contributed by atoms with Crippen LogP contribution < -0.4 is 15.0 Å². The minimum Gasteiger partial charge on any atom is -0.485 e. The van der Waals surface area contributed by atoms with Crippen LogP contribution in [-0.2, 0) is 6.42 Å². The highest BCUT2D eigenvalue weighted by atomic mass is 32.1. The summed E-state index contributed by atoms with van der Waals surface area (Å²) in [5.74, 6) is 1.87. The highest BCUT2D eigenvalue weighted by Crippen LogP contribution is 2.40. The van der Waals surface area contributed by atoms with Crippen molar-refractivity contribution in [3.8, 4) is 11.5 Å². The van der Waals surface area contributed by atoms with E-state index in [2.05, 4.69) is 4.98 Å². The molecule has 0 aromatic carbocycles. The van der Waals surface area contributed by atoms with E-state index >= 15 is 0 Å². The van der Waals surface area contributed by atoms with Crippen molar-refractivity contribution in [3.05, 3.63) is 44.5 Å². The van der Waals surface area contributed by atoms with Crippen molar-refractivity contribution in [1.29, 1.82) is 0 Å². The average molecular weight is 360 g/mol. The first-order valence-electron chi connectivity index (χ1n) is 8.54. The van der Waals surface area contributed by atoms with Crippen molar-refractivity contribution in [2.24, 2.45) is 5.92 Å². The summed E-state index contributed by atoms with van der Waals surface area (Å²) in [6.07, 6.45) is 4.66. The van der Waals surface area contributed by atoms with Gasteiger partial charge in [-0.3, -0.25) is 9.59 Å². The number of ether oxygens (including phenoxy) is 2. The van der Waals surface area contributed by atoms with Gasteiger partial charge in [-0.1, -0.05) is 6.07 Å². The van der Waals surface area contributed by atoms with Crippen molar-refractivity contribution >= 4 is 17.2 Å². The Balaban J connectivity index is 1.37. The van der Waals surface area contributed by atoms with Crippen LogP contribution >= 0.6 is 11.3 Å². The lowest BCUT2D eigenvalue weighted by Crippen LogP contribution is -2.38. The van der Waals surface area contributed by atoms with E-state index in [0.717, 1.165) is 37.9 Å². The minimum absolute atomic E-state index is 0.0410. The number of pyridine rings is 1. The predicted octanol–water partition coefficient (Wildman–Crippen LogP) is 2.30. The molecule has 0 radical (unpaired) electrons. The highest BCUT2D eigenvalue weighted by molar-refractivity contribution is 7.12. The summed E-state index contributed by atoms with van der Waals surface area (Å²) in [4.78, 5) is 29.2. The summed E-state index contributed by atoms with van der Waals surface area (Å²) in [6, 6.07) is 3.45. The zero-order valence-corrected chi connectivity index (χ0v) is 14.6. The maximum Gasteiger partial charge on any atom is 0.267 e. The molecule has 25 heavy (non-hydrogen) atoms. The molecular formula is C18H20N2O4S. The quantitative estimate of drug-likeness (QED) is 0.912. The molecule has 0 bridgehead atoms. The summed E-state index contributed by atoms with van der Waals surface area (Å²) < 4.78 is 11.1. The average Bonchev–Trinajstić information content (AvgIpc) is 3.08. The van der Waals surface area contributed by atoms with Gasteiger partial charge >= 0.3 is 0 Å². The molecule has 4 heterocycles. The molecule has 0 aliphatic carbocycles. The van der Waals surface area contributed by atoms with Crippen LogP contribution in [0.15, 0.2) is 28.5 Å². The molecule has 2 aromatic heterocycles. The van der Waals surface area contributed by atoms with Crippen LogP contribution in [0, 0.1) is 5.92 Å². The Morgan fingerprint density at radius 1 is 1.24 bits per heavy atom. The third-order valence-corrected chi connectivity index (χ3v) is 5.70. The van der Waals surface area contributed by atoms with E-state index in [-0.39, 0.29) is 11.5 Å². The van der Waals surface area contributed by atoms with E-state index in [0.29, 0.717) is 35.5 Å². The van der Waals surface area contributed by atoms with Crippen LogP contribution in [0.1, 0.15) is 28.1 Å².